The van der Waals surface area contributed by atoms with E-state index in [0.717, 1.165) is 0 Å². The fourth-order valence-electron chi connectivity index (χ4n) is 1.75. The molecule has 0 saturated carbocycles. The standard InChI is InChI=1S/C14H18ClNO3/c1-10(2)9-16(7-6-13(17)18)14(19)11-4-3-5-12(15)8-11/h3-5,8,10H,6-7,9H2,1-2H3,(H,17,18). The molecule has 0 aliphatic rings. The molecule has 0 heterocycles. The van der Waals surface area contributed by atoms with E-state index in [-0.39, 0.29) is 24.8 Å². The van der Waals surface area contributed by atoms with Gasteiger partial charge in [-0.2, -0.15) is 0 Å². The van der Waals surface area contributed by atoms with Crippen molar-refractivity contribution in [1.29, 1.82) is 0 Å². The van der Waals surface area contributed by atoms with Gasteiger partial charge in [-0.05, 0) is 24.1 Å². The summed E-state index contributed by atoms with van der Waals surface area (Å²) in [6.45, 7) is 4.70. The first-order valence-electron chi connectivity index (χ1n) is 6.16. The van der Waals surface area contributed by atoms with Crippen LogP contribution < -0.4 is 0 Å². The van der Waals surface area contributed by atoms with Crippen LogP contribution in [0.3, 0.4) is 0 Å². The van der Waals surface area contributed by atoms with Crippen molar-refractivity contribution < 1.29 is 14.7 Å². The van der Waals surface area contributed by atoms with E-state index in [1.807, 2.05) is 13.8 Å². The Labute approximate surface area is 118 Å². The van der Waals surface area contributed by atoms with Gasteiger partial charge in [0, 0.05) is 23.7 Å². The number of carbonyl (C=O) groups excluding carboxylic acids is 1. The first kappa shape index (κ1) is 15.5. The molecule has 4 nitrogen and oxygen atoms in total. The molecule has 1 N–H and O–H groups in total. The van der Waals surface area contributed by atoms with Gasteiger partial charge in [-0.25, -0.2) is 0 Å². The molecule has 104 valence electrons. The zero-order chi connectivity index (χ0) is 14.4. The third-order valence-corrected chi connectivity index (χ3v) is 2.77. The molecule has 1 amide bonds. The molecule has 19 heavy (non-hydrogen) atoms. The van der Waals surface area contributed by atoms with E-state index < -0.39 is 5.97 Å². The number of carboxylic acids is 1. The molecule has 0 aliphatic carbocycles. The zero-order valence-electron chi connectivity index (χ0n) is 11.1. The Hall–Kier alpha value is -1.55. The van der Waals surface area contributed by atoms with Crippen LogP contribution in [0, 0.1) is 5.92 Å². The average molecular weight is 284 g/mol. The van der Waals surface area contributed by atoms with Gasteiger partial charge in [0.05, 0.1) is 6.42 Å². The summed E-state index contributed by atoms with van der Waals surface area (Å²) in [5.74, 6) is -0.818. The topological polar surface area (TPSA) is 57.6 Å². The van der Waals surface area contributed by atoms with E-state index in [9.17, 15) is 9.59 Å². The highest BCUT2D eigenvalue weighted by Gasteiger charge is 2.18. The molecule has 5 heteroatoms. The molecule has 0 atom stereocenters. The predicted octanol–water partition coefficient (Wildman–Crippen LogP) is 2.91. The summed E-state index contributed by atoms with van der Waals surface area (Å²) >= 11 is 5.86. The maximum atomic E-state index is 12.3. The minimum absolute atomic E-state index is 0.0565. The maximum Gasteiger partial charge on any atom is 0.305 e. The van der Waals surface area contributed by atoms with Gasteiger partial charge < -0.3 is 10.0 Å². The molecule has 0 unspecified atom stereocenters. The molecule has 0 fully saturated rings. The van der Waals surface area contributed by atoms with Crippen molar-refractivity contribution in [3.05, 3.63) is 34.9 Å². The lowest BCUT2D eigenvalue weighted by Gasteiger charge is -2.24. The molecule has 1 rings (SSSR count). The number of rotatable bonds is 6. The molecule has 0 bridgehead atoms. The largest absolute Gasteiger partial charge is 0.481 e. The molecule has 0 spiro atoms. The Kier molecular flexibility index (Phi) is 5.83. The summed E-state index contributed by atoms with van der Waals surface area (Å²) in [7, 11) is 0. The number of aliphatic carboxylic acids is 1. The second-order valence-electron chi connectivity index (χ2n) is 4.80. The lowest BCUT2D eigenvalue weighted by atomic mass is 10.1. The monoisotopic (exact) mass is 283 g/mol. The molecule has 0 aromatic heterocycles. The minimum atomic E-state index is -0.910. The van der Waals surface area contributed by atoms with E-state index in [0.29, 0.717) is 17.1 Å². The summed E-state index contributed by atoms with van der Waals surface area (Å²) < 4.78 is 0. The van der Waals surface area contributed by atoms with E-state index in [1.165, 1.54) is 0 Å². The van der Waals surface area contributed by atoms with Crippen molar-refractivity contribution in [2.75, 3.05) is 13.1 Å². The first-order valence-corrected chi connectivity index (χ1v) is 6.54. The van der Waals surface area contributed by atoms with Gasteiger partial charge in [-0.3, -0.25) is 9.59 Å². The number of nitrogens with zero attached hydrogens (tertiary/aromatic N) is 1. The smallest absolute Gasteiger partial charge is 0.305 e. The van der Waals surface area contributed by atoms with Gasteiger partial charge >= 0.3 is 5.97 Å². The highest BCUT2D eigenvalue weighted by atomic mass is 35.5. The van der Waals surface area contributed by atoms with Crippen molar-refractivity contribution in [3.63, 3.8) is 0 Å². The van der Waals surface area contributed by atoms with E-state index in [4.69, 9.17) is 16.7 Å². The number of hydrogen-bond donors (Lipinski definition) is 1. The summed E-state index contributed by atoms with van der Waals surface area (Å²) in [6, 6.07) is 6.68. The van der Waals surface area contributed by atoms with Crippen LogP contribution in [0.5, 0.6) is 0 Å². The number of halogens is 1. The lowest BCUT2D eigenvalue weighted by Crippen LogP contribution is -2.35. The van der Waals surface area contributed by atoms with Crippen LogP contribution in [0.1, 0.15) is 30.6 Å². The van der Waals surface area contributed by atoms with Crippen LogP contribution in [-0.4, -0.2) is 35.0 Å². The number of carbonyl (C=O) groups is 2. The second kappa shape index (κ2) is 7.14. The molecule has 1 aromatic rings. The predicted molar refractivity (Wildman–Crippen MR) is 74.4 cm³/mol. The quantitative estimate of drug-likeness (QED) is 0.873. The van der Waals surface area contributed by atoms with Crippen LogP contribution in [0.25, 0.3) is 0 Å². The average Bonchev–Trinajstić information content (AvgIpc) is 2.33. The Morgan fingerprint density at radius 1 is 1.37 bits per heavy atom. The molecule has 0 radical (unpaired) electrons. The third kappa shape index (κ3) is 5.30. The first-order chi connectivity index (χ1) is 8.90. The van der Waals surface area contributed by atoms with E-state index in [2.05, 4.69) is 0 Å². The number of carboxylic acid groups (broad SMARTS) is 1. The highest BCUT2D eigenvalue weighted by molar-refractivity contribution is 6.30. The van der Waals surface area contributed by atoms with Crippen molar-refractivity contribution in [2.45, 2.75) is 20.3 Å². The Balaban J connectivity index is 2.83. The van der Waals surface area contributed by atoms with Gasteiger partial charge in [0.25, 0.3) is 5.91 Å². The fraction of sp³-hybridized carbons (Fsp3) is 0.429. The summed E-state index contributed by atoms with van der Waals surface area (Å²) in [5.41, 5.74) is 0.485. The zero-order valence-corrected chi connectivity index (χ0v) is 11.9. The summed E-state index contributed by atoms with van der Waals surface area (Å²) in [6.07, 6.45) is -0.0565. The van der Waals surface area contributed by atoms with E-state index in [1.54, 1.807) is 29.2 Å². The normalized spacial score (nSPS) is 10.5. The second-order valence-corrected chi connectivity index (χ2v) is 5.24. The number of hydrogen-bond acceptors (Lipinski definition) is 2. The summed E-state index contributed by atoms with van der Waals surface area (Å²) in [4.78, 5) is 24.5. The van der Waals surface area contributed by atoms with Crippen LogP contribution >= 0.6 is 11.6 Å². The van der Waals surface area contributed by atoms with Crippen LogP contribution in [-0.2, 0) is 4.79 Å². The number of benzene rings is 1. The van der Waals surface area contributed by atoms with Crippen molar-refractivity contribution in [3.8, 4) is 0 Å². The van der Waals surface area contributed by atoms with Gasteiger partial charge in [-0.15, -0.1) is 0 Å². The third-order valence-electron chi connectivity index (χ3n) is 2.54. The van der Waals surface area contributed by atoms with Crippen LogP contribution in [0.15, 0.2) is 24.3 Å². The van der Waals surface area contributed by atoms with Crippen LogP contribution in [0.4, 0.5) is 0 Å². The van der Waals surface area contributed by atoms with Crippen molar-refractivity contribution in [2.24, 2.45) is 5.92 Å². The number of amides is 1. The van der Waals surface area contributed by atoms with Gasteiger partial charge in [0.1, 0.15) is 0 Å². The fourth-order valence-corrected chi connectivity index (χ4v) is 1.94. The Bertz CT molecular complexity index is 460. The SMILES string of the molecule is CC(C)CN(CCC(=O)O)C(=O)c1cccc(Cl)c1. The summed E-state index contributed by atoms with van der Waals surface area (Å²) in [5, 5.41) is 9.23. The molecule has 0 aliphatic heterocycles. The van der Waals surface area contributed by atoms with Gasteiger partial charge in [-0.1, -0.05) is 31.5 Å². The van der Waals surface area contributed by atoms with Crippen molar-refractivity contribution in [1.82, 2.24) is 4.90 Å². The maximum absolute atomic E-state index is 12.3. The molecule has 0 saturated heterocycles. The molecule has 1 aromatic carbocycles. The van der Waals surface area contributed by atoms with Crippen LogP contribution in [0.2, 0.25) is 5.02 Å². The molecular weight excluding hydrogens is 266 g/mol. The van der Waals surface area contributed by atoms with Crippen molar-refractivity contribution >= 4 is 23.5 Å². The van der Waals surface area contributed by atoms with Gasteiger partial charge in [0.2, 0.25) is 0 Å². The van der Waals surface area contributed by atoms with Gasteiger partial charge in [0.15, 0.2) is 0 Å². The minimum Gasteiger partial charge on any atom is -0.481 e. The lowest BCUT2D eigenvalue weighted by molar-refractivity contribution is -0.137. The molecular formula is C14H18ClNO3. The Morgan fingerprint density at radius 2 is 2.05 bits per heavy atom. The highest BCUT2D eigenvalue weighted by Crippen LogP contribution is 2.14. The van der Waals surface area contributed by atoms with E-state index >= 15 is 0 Å². The Morgan fingerprint density at radius 3 is 2.58 bits per heavy atom.